The Morgan fingerprint density at radius 2 is 2.05 bits per heavy atom. The Hall–Kier alpha value is -2.23. The van der Waals surface area contributed by atoms with Gasteiger partial charge in [0.05, 0.1) is 18.5 Å². The van der Waals surface area contributed by atoms with Crippen molar-refractivity contribution < 1.29 is 9.47 Å². The molecule has 100 valence electrons. The van der Waals surface area contributed by atoms with E-state index in [1.54, 1.807) is 13.2 Å². The number of methoxy groups -OCH3 is 1. The highest BCUT2D eigenvalue weighted by Gasteiger charge is 2.03. The molecule has 1 heterocycles. The smallest absolute Gasteiger partial charge is 0.213 e. The fraction of sp³-hybridized carbons (Fsp3) is 0.267. The number of aromatic nitrogens is 1. The monoisotopic (exact) mass is 258 g/mol. The summed E-state index contributed by atoms with van der Waals surface area (Å²) in [5, 5.41) is 0. The second-order valence-electron chi connectivity index (χ2n) is 4.19. The first-order valence-electron chi connectivity index (χ1n) is 6.24. The fourth-order valence-corrected chi connectivity index (χ4v) is 1.75. The summed E-state index contributed by atoms with van der Waals surface area (Å²) in [6.45, 7) is 2.46. The minimum absolute atomic E-state index is 0.368. The van der Waals surface area contributed by atoms with Crippen molar-refractivity contribution in [2.45, 2.75) is 20.0 Å². The van der Waals surface area contributed by atoms with Crippen LogP contribution in [0.25, 0.3) is 0 Å². The average Bonchev–Trinajstić information content (AvgIpc) is 2.46. The van der Waals surface area contributed by atoms with Gasteiger partial charge in [0.25, 0.3) is 0 Å². The van der Waals surface area contributed by atoms with Gasteiger partial charge in [0.15, 0.2) is 0 Å². The Balaban J connectivity index is 2.05. The van der Waals surface area contributed by atoms with Crippen LogP contribution in [0, 0.1) is 0 Å². The lowest BCUT2D eigenvalue weighted by Gasteiger charge is -2.10. The van der Waals surface area contributed by atoms with E-state index in [4.69, 9.17) is 15.2 Å². The summed E-state index contributed by atoms with van der Waals surface area (Å²) in [6, 6.07) is 11.4. The fourth-order valence-electron chi connectivity index (χ4n) is 1.75. The highest BCUT2D eigenvalue weighted by Crippen LogP contribution is 2.23. The first kappa shape index (κ1) is 13.2. The van der Waals surface area contributed by atoms with Gasteiger partial charge in [-0.25, -0.2) is 4.98 Å². The maximum atomic E-state index is 5.95. The Labute approximate surface area is 113 Å². The SMILES string of the molecule is CCc1ccc(OCc2cccc(OC)n2)c(N)c1. The van der Waals surface area contributed by atoms with Crippen LogP contribution in [-0.2, 0) is 13.0 Å². The summed E-state index contributed by atoms with van der Waals surface area (Å²) in [4.78, 5) is 4.28. The third kappa shape index (κ3) is 3.37. The number of nitrogen functional groups attached to an aromatic ring is 1. The standard InChI is InChI=1S/C15H18N2O2/c1-3-11-7-8-14(13(16)9-11)19-10-12-5-4-6-15(17-12)18-2/h4-9H,3,10,16H2,1-2H3. The molecule has 19 heavy (non-hydrogen) atoms. The molecule has 0 amide bonds. The van der Waals surface area contributed by atoms with Crippen LogP contribution < -0.4 is 15.2 Å². The second kappa shape index (κ2) is 6.09. The highest BCUT2D eigenvalue weighted by atomic mass is 16.5. The van der Waals surface area contributed by atoms with Crippen LogP contribution in [-0.4, -0.2) is 12.1 Å². The Morgan fingerprint density at radius 3 is 2.74 bits per heavy atom. The minimum Gasteiger partial charge on any atom is -0.485 e. The van der Waals surface area contributed by atoms with Gasteiger partial charge in [-0.05, 0) is 30.2 Å². The molecule has 0 saturated heterocycles. The Morgan fingerprint density at radius 1 is 1.21 bits per heavy atom. The van der Waals surface area contributed by atoms with Crippen LogP contribution in [0.5, 0.6) is 11.6 Å². The van der Waals surface area contributed by atoms with Gasteiger partial charge < -0.3 is 15.2 Å². The van der Waals surface area contributed by atoms with Crippen molar-refractivity contribution in [3.05, 3.63) is 47.7 Å². The number of nitrogens with two attached hydrogens (primary N) is 1. The molecule has 1 aromatic heterocycles. The quantitative estimate of drug-likeness (QED) is 0.838. The van der Waals surface area contributed by atoms with E-state index >= 15 is 0 Å². The van der Waals surface area contributed by atoms with Gasteiger partial charge in [-0.3, -0.25) is 0 Å². The topological polar surface area (TPSA) is 57.4 Å². The molecule has 2 rings (SSSR count). The van der Waals surface area contributed by atoms with Crippen LogP contribution in [0.4, 0.5) is 5.69 Å². The molecule has 2 aromatic rings. The number of ether oxygens (including phenoxy) is 2. The van der Waals surface area contributed by atoms with Crippen molar-refractivity contribution in [2.75, 3.05) is 12.8 Å². The van der Waals surface area contributed by atoms with E-state index in [1.165, 1.54) is 5.56 Å². The summed E-state index contributed by atoms with van der Waals surface area (Å²) in [5.74, 6) is 1.26. The van der Waals surface area contributed by atoms with Gasteiger partial charge in [0, 0.05) is 6.07 Å². The summed E-state index contributed by atoms with van der Waals surface area (Å²) in [7, 11) is 1.59. The van der Waals surface area contributed by atoms with Gasteiger partial charge in [-0.1, -0.05) is 19.1 Å². The molecule has 0 atom stereocenters. The summed E-state index contributed by atoms with van der Waals surface area (Å²) in [6.07, 6.45) is 0.960. The second-order valence-corrected chi connectivity index (χ2v) is 4.19. The van der Waals surface area contributed by atoms with Gasteiger partial charge in [0.2, 0.25) is 5.88 Å². The molecule has 0 fully saturated rings. The molecular weight excluding hydrogens is 240 g/mol. The number of nitrogens with zero attached hydrogens (tertiary/aromatic N) is 1. The van der Waals surface area contributed by atoms with Gasteiger partial charge in [-0.2, -0.15) is 0 Å². The molecular formula is C15H18N2O2. The molecule has 0 radical (unpaired) electrons. The number of rotatable bonds is 5. The molecule has 0 bridgehead atoms. The highest BCUT2D eigenvalue weighted by molar-refractivity contribution is 5.54. The lowest BCUT2D eigenvalue weighted by molar-refractivity contribution is 0.299. The van der Waals surface area contributed by atoms with Crippen LogP contribution in [0.3, 0.4) is 0 Å². The first-order valence-corrected chi connectivity index (χ1v) is 6.24. The Bertz CT molecular complexity index is 556. The Kier molecular flexibility index (Phi) is 4.23. The van der Waals surface area contributed by atoms with E-state index in [2.05, 4.69) is 11.9 Å². The lowest BCUT2D eigenvalue weighted by atomic mass is 10.1. The molecule has 4 nitrogen and oxygen atoms in total. The van der Waals surface area contributed by atoms with Crippen LogP contribution in [0.2, 0.25) is 0 Å². The van der Waals surface area contributed by atoms with Crippen LogP contribution in [0.15, 0.2) is 36.4 Å². The normalized spacial score (nSPS) is 10.2. The number of aryl methyl sites for hydroxylation is 1. The number of benzene rings is 1. The number of anilines is 1. The molecule has 1 aromatic carbocycles. The van der Waals surface area contributed by atoms with E-state index in [0.717, 1.165) is 12.1 Å². The van der Waals surface area contributed by atoms with Crippen LogP contribution >= 0.6 is 0 Å². The lowest BCUT2D eigenvalue weighted by Crippen LogP contribution is -2.02. The summed E-state index contributed by atoms with van der Waals surface area (Å²) < 4.78 is 10.7. The predicted molar refractivity (Wildman–Crippen MR) is 75.4 cm³/mol. The van der Waals surface area contributed by atoms with Crippen molar-refractivity contribution >= 4 is 5.69 Å². The van der Waals surface area contributed by atoms with Crippen LogP contribution in [0.1, 0.15) is 18.2 Å². The number of hydrogen-bond donors (Lipinski definition) is 1. The zero-order valence-electron chi connectivity index (χ0n) is 11.2. The molecule has 0 aliphatic carbocycles. The van der Waals surface area contributed by atoms with E-state index in [9.17, 15) is 0 Å². The molecule has 0 saturated carbocycles. The summed E-state index contributed by atoms with van der Waals surface area (Å²) in [5.41, 5.74) is 8.60. The zero-order chi connectivity index (χ0) is 13.7. The molecule has 0 unspecified atom stereocenters. The minimum atomic E-state index is 0.368. The largest absolute Gasteiger partial charge is 0.485 e. The van der Waals surface area contributed by atoms with Crippen molar-refractivity contribution in [1.29, 1.82) is 0 Å². The molecule has 4 heteroatoms. The number of hydrogen-bond acceptors (Lipinski definition) is 4. The van der Waals surface area contributed by atoms with E-state index in [0.29, 0.717) is 23.9 Å². The number of pyridine rings is 1. The first-order chi connectivity index (χ1) is 9.22. The predicted octanol–water partition coefficient (Wildman–Crippen LogP) is 2.81. The van der Waals surface area contributed by atoms with E-state index in [-0.39, 0.29) is 0 Å². The molecule has 0 aliphatic heterocycles. The third-order valence-electron chi connectivity index (χ3n) is 2.85. The van der Waals surface area contributed by atoms with Crippen molar-refractivity contribution in [3.63, 3.8) is 0 Å². The summed E-state index contributed by atoms with van der Waals surface area (Å²) >= 11 is 0. The zero-order valence-corrected chi connectivity index (χ0v) is 11.2. The third-order valence-corrected chi connectivity index (χ3v) is 2.85. The maximum Gasteiger partial charge on any atom is 0.213 e. The van der Waals surface area contributed by atoms with E-state index in [1.807, 2.05) is 30.3 Å². The average molecular weight is 258 g/mol. The van der Waals surface area contributed by atoms with Gasteiger partial charge in [-0.15, -0.1) is 0 Å². The van der Waals surface area contributed by atoms with Crippen molar-refractivity contribution in [2.24, 2.45) is 0 Å². The van der Waals surface area contributed by atoms with Crippen molar-refractivity contribution in [3.8, 4) is 11.6 Å². The van der Waals surface area contributed by atoms with E-state index < -0.39 is 0 Å². The molecule has 0 spiro atoms. The molecule has 0 aliphatic rings. The van der Waals surface area contributed by atoms with Gasteiger partial charge >= 0.3 is 0 Å². The van der Waals surface area contributed by atoms with Crippen molar-refractivity contribution in [1.82, 2.24) is 4.98 Å². The molecule has 2 N–H and O–H groups in total. The maximum absolute atomic E-state index is 5.95. The van der Waals surface area contributed by atoms with Gasteiger partial charge in [0.1, 0.15) is 12.4 Å².